The Bertz CT molecular complexity index is 660. The molecule has 1 aliphatic heterocycles. The number of rotatable bonds is 5. The van der Waals surface area contributed by atoms with Crippen molar-refractivity contribution < 1.29 is 5.11 Å². The lowest BCUT2D eigenvalue weighted by Gasteiger charge is -2.35. The smallest absolute Gasteiger partial charge is 0.102 e. The summed E-state index contributed by atoms with van der Waals surface area (Å²) in [6, 6.07) is 8.45. The van der Waals surface area contributed by atoms with Gasteiger partial charge in [-0.05, 0) is 44.0 Å². The summed E-state index contributed by atoms with van der Waals surface area (Å²) in [7, 11) is 1.86. The van der Waals surface area contributed by atoms with E-state index in [4.69, 9.17) is 11.6 Å². The van der Waals surface area contributed by atoms with Crippen LogP contribution in [0.3, 0.4) is 0 Å². The highest BCUT2D eigenvalue weighted by Gasteiger charge is 2.27. The van der Waals surface area contributed by atoms with Crippen LogP contribution >= 0.6 is 11.6 Å². The van der Waals surface area contributed by atoms with E-state index in [1.54, 1.807) is 10.9 Å². The van der Waals surface area contributed by atoms with Gasteiger partial charge >= 0.3 is 0 Å². The van der Waals surface area contributed by atoms with Crippen LogP contribution in [0.15, 0.2) is 36.7 Å². The molecular formula is C18H25ClN4O. The molecule has 24 heavy (non-hydrogen) atoms. The van der Waals surface area contributed by atoms with E-state index in [2.05, 4.69) is 27.4 Å². The molecule has 1 atom stereocenters. The topological polar surface area (TPSA) is 53.3 Å². The zero-order valence-corrected chi connectivity index (χ0v) is 15.0. The molecule has 1 aromatic heterocycles. The zero-order valence-electron chi connectivity index (χ0n) is 14.2. The zero-order chi connectivity index (χ0) is 17.2. The number of anilines is 1. The molecule has 2 heterocycles. The third-order valence-electron chi connectivity index (χ3n) is 4.75. The van der Waals surface area contributed by atoms with Gasteiger partial charge in [-0.25, -0.2) is 0 Å². The van der Waals surface area contributed by atoms with Crippen LogP contribution in [-0.2, 0) is 12.6 Å². The second kappa shape index (κ2) is 7.13. The number of nitrogens with one attached hydrogen (secondary N) is 1. The lowest BCUT2D eigenvalue weighted by atomic mass is 9.97. The first-order valence-electron chi connectivity index (χ1n) is 8.39. The highest BCUT2D eigenvalue weighted by molar-refractivity contribution is 6.30. The Hall–Kier alpha value is -1.56. The maximum absolute atomic E-state index is 10.6. The van der Waals surface area contributed by atoms with Crippen molar-refractivity contribution in [1.82, 2.24) is 15.1 Å². The summed E-state index contributed by atoms with van der Waals surface area (Å²) < 4.78 is 1.72. The van der Waals surface area contributed by atoms with Crippen molar-refractivity contribution in [3.8, 4) is 0 Å². The van der Waals surface area contributed by atoms with Crippen LogP contribution in [0.25, 0.3) is 0 Å². The number of benzene rings is 1. The number of nitrogens with zero attached hydrogens (tertiary/aromatic N) is 3. The molecule has 0 spiro atoms. The van der Waals surface area contributed by atoms with Gasteiger partial charge in [0.25, 0.3) is 0 Å². The van der Waals surface area contributed by atoms with E-state index in [1.165, 1.54) is 5.69 Å². The average molecular weight is 349 g/mol. The first-order chi connectivity index (χ1) is 11.4. The molecule has 5 nitrogen and oxygen atoms in total. The minimum Gasteiger partial charge on any atom is -0.384 e. The molecule has 2 N–H and O–H groups in total. The largest absolute Gasteiger partial charge is 0.384 e. The number of halogens is 1. The van der Waals surface area contributed by atoms with Crippen LogP contribution in [0, 0.1) is 0 Å². The van der Waals surface area contributed by atoms with Gasteiger partial charge in [0, 0.05) is 55.2 Å². The molecule has 130 valence electrons. The molecular weight excluding hydrogens is 324 g/mol. The van der Waals surface area contributed by atoms with Crippen LogP contribution in [0.5, 0.6) is 0 Å². The fourth-order valence-corrected chi connectivity index (χ4v) is 3.26. The number of piperidine rings is 1. The van der Waals surface area contributed by atoms with Gasteiger partial charge in [0.15, 0.2) is 0 Å². The van der Waals surface area contributed by atoms with Crippen molar-refractivity contribution in [3.05, 3.63) is 47.2 Å². The van der Waals surface area contributed by atoms with Gasteiger partial charge in [0.05, 0.1) is 6.20 Å². The van der Waals surface area contributed by atoms with Gasteiger partial charge in [-0.15, -0.1) is 0 Å². The molecule has 1 unspecified atom stereocenters. The Morgan fingerprint density at radius 3 is 2.54 bits per heavy atom. The number of aromatic nitrogens is 2. The monoisotopic (exact) mass is 348 g/mol. The number of aryl methyl sites for hydroxylation is 1. The summed E-state index contributed by atoms with van der Waals surface area (Å²) in [5.41, 5.74) is 1.16. The quantitative estimate of drug-likeness (QED) is 0.872. The number of aliphatic hydroxyl groups is 1. The lowest BCUT2D eigenvalue weighted by Crippen LogP contribution is -2.46. The fraction of sp³-hybridized carbons (Fsp3) is 0.500. The fourth-order valence-electron chi connectivity index (χ4n) is 3.14. The van der Waals surface area contributed by atoms with Crippen LogP contribution in [0.4, 0.5) is 5.69 Å². The summed E-state index contributed by atoms with van der Waals surface area (Å²) in [5.74, 6) is 0. The van der Waals surface area contributed by atoms with Crippen molar-refractivity contribution in [1.29, 1.82) is 0 Å². The van der Waals surface area contributed by atoms with Gasteiger partial charge in [0.2, 0.25) is 0 Å². The maximum atomic E-state index is 10.6. The lowest BCUT2D eigenvalue weighted by molar-refractivity contribution is 0.0527. The number of hydrogen-bond acceptors (Lipinski definition) is 4. The van der Waals surface area contributed by atoms with Crippen molar-refractivity contribution in [2.75, 3.05) is 24.5 Å². The van der Waals surface area contributed by atoms with Crippen LogP contribution < -0.4 is 10.2 Å². The van der Waals surface area contributed by atoms with Crippen LogP contribution in [-0.4, -0.2) is 40.6 Å². The molecule has 2 aromatic rings. The van der Waals surface area contributed by atoms with E-state index in [0.717, 1.165) is 36.5 Å². The summed E-state index contributed by atoms with van der Waals surface area (Å²) in [5, 5.41) is 19.1. The molecule has 0 saturated carbocycles. The van der Waals surface area contributed by atoms with Gasteiger partial charge in [-0.2, -0.15) is 5.10 Å². The third kappa shape index (κ3) is 4.09. The summed E-state index contributed by atoms with van der Waals surface area (Å²) in [6.45, 7) is 4.38. The van der Waals surface area contributed by atoms with E-state index in [9.17, 15) is 5.11 Å². The molecule has 0 radical (unpaired) electrons. The maximum Gasteiger partial charge on any atom is 0.102 e. The van der Waals surface area contributed by atoms with Gasteiger partial charge in [-0.1, -0.05) is 11.6 Å². The van der Waals surface area contributed by atoms with Gasteiger partial charge < -0.3 is 15.3 Å². The molecule has 6 heteroatoms. The Kier molecular flexibility index (Phi) is 5.13. The van der Waals surface area contributed by atoms with Crippen LogP contribution in [0.1, 0.15) is 25.3 Å². The first kappa shape index (κ1) is 17.3. The average Bonchev–Trinajstić information content (AvgIpc) is 3.02. The van der Waals surface area contributed by atoms with E-state index < -0.39 is 5.60 Å². The third-order valence-corrected chi connectivity index (χ3v) is 5.00. The Morgan fingerprint density at radius 2 is 1.96 bits per heavy atom. The molecule has 0 bridgehead atoms. The molecule has 3 rings (SSSR count). The summed E-state index contributed by atoms with van der Waals surface area (Å²) in [4.78, 5) is 2.38. The highest BCUT2D eigenvalue weighted by atomic mass is 35.5. The minimum atomic E-state index is -0.901. The van der Waals surface area contributed by atoms with Crippen molar-refractivity contribution in [3.63, 3.8) is 0 Å². The van der Waals surface area contributed by atoms with E-state index in [0.29, 0.717) is 12.6 Å². The Labute approximate surface area is 148 Å². The SMILES string of the molecule is Cn1cc(C(C)(O)CNC2CCN(c3ccc(Cl)cc3)CC2)cn1. The second-order valence-corrected chi connectivity index (χ2v) is 7.23. The van der Waals surface area contributed by atoms with E-state index >= 15 is 0 Å². The molecule has 1 aromatic carbocycles. The summed E-state index contributed by atoms with van der Waals surface area (Å²) in [6.07, 6.45) is 5.72. The molecule has 1 aliphatic rings. The molecule has 1 saturated heterocycles. The van der Waals surface area contributed by atoms with Crippen LogP contribution in [0.2, 0.25) is 5.02 Å². The van der Waals surface area contributed by atoms with Crippen molar-refractivity contribution in [2.24, 2.45) is 7.05 Å². The highest BCUT2D eigenvalue weighted by Crippen LogP contribution is 2.23. The molecule has 0 amide bonds. The second-order valence-electron chi connectivity index (χ2n) is 6.80. The van der Waals surface area contributed by atoms with E-state index in [1.807, 2.05) is 32.3 Å². The normalized spacial score (nSPS) is 18.6. The minimum absolute atomic E-state index is 0.427. The van der Waals surface area contributed by atoms with Crippen molar-refractivity contribution >= 4 is 17.3 Å². The predicted molar refractivity (Wildman–Crippen MR) is 97.5 cm³/mol. The predicted octanol–water partition coefficient (Wildman–Crippen LogP) is 2.54. The summed E-state index contributed by atoms with van der Waals surface area (Å²) >= 11 is 5.95. The standard InChI is InChI=1S/C18H25ClN4O/c1-18(24,14-11-21-22(2)12-14)13-20-16-7-9-23(10-8-16)17-5-3-15(19)4-6-17/h3-6,11-12,16,20,24H,7-10,13H2,1-2H3. The molecule has 1 fully saturated rings. The number of hydrogen-bond donors (Lipinski definition) is 2. The Morgan fingerprint density at radius 1 is 1.29 bits per heavy atom. The van der Waals surface area contributed by atoms with Gasteiger partial charge in [-0.3, -0.25) is 4.68 Å². The van der Waals surface area contributed by atoms with Crippen molar-refractivity contribution in [2.45, 2.75) is 31.4 Å². The van der Waals surface area contributed by atoms with Gasteiger partial charge in [0.1, 0.15) is 5.60 Å². The first-order valence-corrected chi connectivity index (χ1v) is 8.77. The van der Waals surface area contributed by atoms with E-state index in [-0.39, 0.29) is 0 Å². The molecule has 0 aliphatic carbocycles. The Balaban J connectivity index is 1.49.